The van der Waals surface area contributed by atoms with Gasteiger partial charge < -0.3 is 23.3 Å². The maximum Gasteiger partial charge on any atom is 0.406 e. The van der Waals surface area contributed by atoms with E-state index in [2.05, 4.69) is 287 Å². The third kappa shape index (κ3) is 7.29. The van der Waals surface area contributed by atoms with Crippen molar-refractivity contribution in [2.75, 3.05) is 9.62 Å². The van der Waals surface area contributed by atoms with Crippen LogP contribution in [0.15, 0.2) is 212 Å². The molecule has 0 atom stereocenters. The molecule has 9 heteroatoms. The van der Waals surface area contributed by atoms with Crippen LogP contribution in [0.5, 0.6) is 0 Å². The van der Waals surface area contributed by atoms with Gasteiger partial charge in [0.2, 0.25) is 0 Å². The number of hydrogen-bond acceptors (Lipinski definition) is 3. The molecule has 7 nitrogen and oxygen atoms in total. The van der Waals surface area contributed by atoms with Gasteiger partial charge in [0.05, 0.1) is 33.4 Å². The van der Waals surface area contributed by atoms with Gasteiger partial charge in [0, 0.05) is 49.2 Å². The van der Waals surface area contributed by atoms with E-state index in [0.29, 0.717) is 0 Å². The number of fused-ring (bicyclic) bond motifs is 8. The molecule has 0 radical (unpaired) electrons. The molecule has 9 aromatic carbocycles. The second-order valence-electron chi connectivity index (χ2n) is 20.6. The molecule has 0 spiro atoms. The zero-order valence-corrected chi connectivity index (χ0v) is 44.5. The van der Waals surface area contributed by atoms with Gasteiger partial charge in [-0.3, -0.25) is 4.57 Å². The van der Waals surface area contributed by atoms with Crippen LogP contribution >= 0.6 is 0 Å². The maximum atomic E-state index is 5.06. The average Bonchev–Trinajstić information content (AvgIpc) is 4.30. The van der Waals surface area contributed by atoms with Gasteiger partial charge in [0.1, 0.15) is 5.82 Å². The topological polar surface area (TPSA) is 38.0 Å². The second-order valence-corrected chi connectivity index (χ2v) is 20.6. The number of benzene rings is 9. The molecule has 364 valence electrons. The Hall–Kier alpha value is -8.45. The number of para-hydroxylation sites is 8. The van der Waals surface area contributed by atoms with Crippen LogP contribution in [0.3, 0.4) is 0 Å². The molecule has 0 saturated heterocycles. The molecule has 0 amide bonds. The van der Waals surface area contributed by atoms with Crippen molar-refractivity contribution in [1.29, 1.82) is 0 Å². The molecule has 1 aliphatic heterocycles. The Bertz CT molecular complexity index is 4300. The second kappa shape index (κ2) is 17.9. The quantitative estimate of drug-likeness (QED) is 0.0907. The fourth-order valence-electron chi connectivity index (χ4n) is 11.7. The fourth-order valence-corrected chi connectivity index (χ4v) is 11.7. The SMILES string of the molecule is Cc1cccc(C)c1B1N(c2[c-]c(-n3[c-][n+](-c4ccccc4-n4c5ccccc5c5ccccc54)c4ccccc43)ccc2)c2[c-]c3c(cc2N1c1ccccc1)c1ccccc1n3-c1cc(C(C)(C)C)ccn1.[Pt]. The van der Waals surface area contributed by atoms with Crippen LogP contribution in [-0.4, -0.2) is 25.7 Å². The van der Waals surface area contributed by atoms with Crippen LogP contribution in [-0.2, 0) is 26.5 Å². The van der Waals surface area contributed by atoms with Crippen LogP contribution in [0.25, 0.3) is 77.5 Å². The number of hydrogen-bond donors (Lipinski definition) is 0. The van der Waals surface area contributed by atoms with Crippen molar-refractivity contribution in [2.24, 2.45) is 0 Å². The van der Waals surface area contributed by atoms with Crippen LogP contribution in [0.2, 0.25) is 0 Å². The predicted octanol–water partition coefficient (Wildman–Crippen LogP) is 14.5. The summed E-state index contributed by atoms with van der Waals surface area (Å²) in [5.41, 5.74) is 18.2. The summed E-state index contributed by atoms with van der Waals surface area (Å²) in [5, 5.41) is 4.71. The summed E-state index contributed by atoms with van der Waals surface area (Å²) in [7, 11) is 0. The third-order valence-corrected chi connectivity index (χ3v) is 15.1. The first kappa shape index (κ1) is 46.3. The molecule has 0 aliphatic carbocycles. The monoisotopic (exact) mass is 1150 g/mol. The zero-order valence-electron chi connectivity index (χ0n) is 42.2. The van der Waals surface area contributed by atoms with Crippen molar-refractivity contribution in [2.45, 2.75) is 40.0 Å². The third-order valence-electron chi connectivity index (χ3n) is 15.1. The average molecular weight is 1150 g/mol. The summed E-state index contributed by atoms with van der Waals surface area (Å²) >= 11 is 0. The Morgan fingerprint density at radius 1 is 0.507 bits per heavy atom. The van der Waals surface area contributed by atoms with Crippen LogP contribution < -0.4 is 19.7 Å². The van der Waals surface area contributed by atoms with Crippen molar-refractivity contribution in [3.8, 4) is 22.9 Å². The molecule has 4 aromatic heterocycles. The van der Waals surface area contributed by atoms with E-state index in [1.54, 1.807) is 0 Å². The van der Waals surface area contributed by atoms with E-state index < -0.39 is 0 Å². The van der Waals surface area contributed by atoms with E-state index in [1.165, 1.54) is 32.9 Å². The first-order valence-corrected chi connectivity index (χ1v) is 25.4. The maximum absolute atomic E-state index is 5.06. The number of pyridine rings is 1. The molecule has 75 heavy (non-hydrogen) atoms. The van der Waals surface area contributed by atoms with Gasteiger partial charge >= 0.3 is 6.98 Å². The number of nitrogens with zero attached hydrogens (tertiary/aromatic N) is 7. The number of aromatic nitrogens is 5. The van der Waals surface area contributed by atoms with Gasteiger partial charge in [-0.25, -0.2) is 4.98 Å². The molecular weight excluding hydrogens is 1100 g/mol. The first-order chi connectivity index (χ1) is 36.2. The summed E-state index contributed by atoms with van der Waals surface area (Å²) in [6.07, 6.45) is 5.82. The smallest absolute Gasteiger partial charge is 0.406 e. The first-order valence-electron chi connectivity index (χ1n) is 25.4. The Labute approximate surface area is 451 Å². The van der Waals surface area contributed by atoms with E-state index in [9.17, 15) is 0 Å². The van der Waals surface area contributed by atoms with Crippen molar-refractivity contribution in [3.63, 3.8) is 0 Å². The summed E-state index contributed by atoms with van der Waals surface area (Å²) in [6, 6.07) is 82.2. The van der Waals surface area contributed by atoms with Gasteiger partial charge in [-0.05, 0) is 96.0 Å². The van der Waals surface area contributed by atoms with Gasteiger partial charge in [-0.15, -0.1) is 18.2 Å². The minimum Gasteiger partial charge on any atom is -0.415 e. The van der Waals surface area contributed by atoms with Gasteiger partial charge in [0.15, 0.2) is 0 Å². The van der Waals surface area contributed by atoms with E-state index in [0.717, 1.165) is 89.5 Å². The van der Waals surface area contributed by atoms with E-state index in [4.69, 9.17) is 4.98 Å². The van der Waals surface area contributed by atoms with Crippen molar-refractivity contribution in [1.82, 2.24) is 18.7 Å². The Kier molecular flexibility index (Phi) is 11.1. The molecule has 13 aromatic rings. The van der Waals surface area contributed by atoms with Crippen LogP contribution in [0, 0.1) is 32.3 Å². The largest absolute Gasteiger partial charge is 0.415 e. The standard InChI is InChI=1S/C66H50BN7.Pt/c1-44-21-19-22-45(2)65(44)67-73(47-23-7-6-8-24-47)62-41-53-52-29-11-14-32-56(52)72(64-39-46(37-38-68-64)66(3,4)5)61(53)42-63(62)74(67)49-26-20-25-48(40-49)69-43-70(58-34-16-15-33-57(58)69)59-35-17-18-36-60(59)71-54-30-12-9-27-50(54)51-28-10-13-31-55(51)71;/h6-39,41H,1-5H3;/q-2;. The van der Waals surface area contributed by atoms with Gasteiger partial charge in [-0.1, -0.05) is 187 Å². The van der Waals surface area contributed by atoms with Crippen molar-refractivity contribution in [3.05, 3.63) is 248 Å². The van der Waals surface area contributed by atoms with E-state index in [-0.39, 0.29) is 33.5 Å². The summed E-state index contributed by atoms with van der Waals surface area (Å²) < 4.78 is 9.07. The van der Waals surface area contributed by atoms with Gasteiger partial charge in [0.25, 0.3) is 6.33 Å². The van der Waals surface area contributed by atoms with E-state index in [1.807, 2.05) is 6.20 Å². The summed E-state index contributed by atoms with van der Waals surface area (Å²) in [5.74, 6) is 0.868. The zero-order chi connectivity index (χ0) is 49.8. The van der Waals surface area contributed by atoms with Crippen LogP contribution in [0.1, 0.15) is 37.5 Å². The fraction of sp³-hybridized carbons (Fsp3) is 0.0909. The van der Waals surface area contributed by atoms with Crippen molar-refractivity contribution < 1.29 is 25.6 Å². The summed E-state index contributed by atoms with van der Waals surface area (Å²) in [6.45, 7) is 10.9. The Morgan fingerprint density at radius 3 is 1.80 bits per heavy atom. The number of imidazole rings is 1. The summed E-state index contributed by atoms with van der Waals surface area (Å²) in [4.78, 5) is 10.0. The van der Waals surface area contributed by atoms with Crippen LogP contribution in [0.4, 0.5) is 22.7 Å². The number of anilines is 4. The van der Waals surface area contributed by atoms with Gasteiger partial charge in [-0.2, -0.15) is 18.2 Å². The predicted molar refractivity (Wildman–Crippen MR) is 305 cm³/mol. The molecule has 5 heterocycles. The molecule has 0 fully saturated rings. The molecule has 0 saturated carbocycles. The molecule has 0 unspecified atom stereocenters. The molecule has 0 N–H and O–H groups in total. The minimum atomic E-state index is -0.293. The Morgan fingerprint density at radius 2 is 1.09 bits per heavy atom. The van der Waals surface area contributed by atoms with E-state index >= 15 is 0 Å². The van der Waals surface area contributed by atoms with Crippen molar-refractivity contribution >= 4 is 89.8 Å². The molecule has 0 bridgehead atoms. The normalized spacial score (nSPS) is 12.7. The number of rotatable bonds is 7. The minimum absolute atomic E-state index is 0. The Balaban J connectivity index is 0.00000541. The molecule has 14 rings (SSSR count). The number of aryl methyl sites for hydroxylation is 2. The molecular formula is C66H50BN7Pt-2. The molecule has 1 aliphatic rings.